The molecule has 0 spiro atoms. The Balaban J connectivity index is 1.79. The van der Waals surface area contributed by atoms with Crippen molar-refractivity contribution in [3.8, 4) is 11.5 Å². The molecule has 0 fully saturated rings. The van der Waals surface area contributed by atoms with Crippen molar-refractivity contribution < 1.29 is 14.6 Å². The molecule has 0 bridgehead atoms. The fourth-order valence-electron chi connectivity index (χ4n) is 2.04. The molecular formula is C14H15NO3S. The van der Waals surface area contributed by atoms with Crippen molar-refractivity contribution in [2.75, 3.05) is 13.2 Å². The van der Waals surface area contributed by atoms with Gasteiger partial charge in [-0.3, -0.25) is 4.98 Å². The van der Waals surface area contributed by atoms with E-state index in [9.17, 15) is 5.11 Å². The van der Waals surface area contributed by atoms with Crippen molar-refractivity contribution in [1.82, 2.24) is 4.98 Å². The van der Waals surface area contributed by atoms with Gasteiger partial charge in [0.25, 0.3) is 0 Å². The Bertz CT molecular complexity index is 542. The number of hydrogen-bond donors (Lipinski definition) is 1. The number of nitrogens with zero attached hydrogens (tertiary/aromatic N) is 1. The first-order chi connectivity index (χ1) is 9.33. The Kier molecular flexibility index (Phi) is 3.66. The van der Waals surface area contributed by atoms with E-state index in [4.69, 9.17) is 9.47 Å². The third kappa shape index (κ3) is 2.88. The number of rotatable bonds is 3. The van der Waals surface area contributed by atoms with Gasteiger partial charge >= 0.3 is 0 Å². The summed E-state index contributed by atoms with van der Waals surface area (Å²) in [5, 5.41) is 10.2. The maximum Gasteiger partial charge on any atom is 0.161 e. The number of thiazole rings is 1. The van der Waals surface area contributed by atoms with E-state index >= 15 is 0 Å². The number of benzene rings is 1. The normalized spacial score (nSPS) is 15.8. The second-order valence-electron chi connectivity index (χ2n) is 4.44. The van der Waals surface area contributed by atoms with E-state index < -0.39 is 6.10 Å². The number of hydrogen-bond acceptors (Lipinski definition) is 5. The van der Waals surface area contributed by atoms with Crippen LogP contribution in [0.3, 0.4) is 0 Å². The first kappa shape index (κ1) is 12.4. The second kappa shape index (κ2) is 5.59. The third-order valence-corrected chi connectivity index (χ3v) is 3.84. The molecule has 1 N–H and O–H groups in total. The molecule has 1 aromatic carbocycles. The highest BCUT2D eigenvalue weighted by molar-refractivity contribution is 7.09. The SMILES string of the molecule is OC(Cc1cncs1)c1ccc2c(c1)OCCCO2. The van der Waals surface area contributed by atoms with Gasteiger partial charge in [0.15, 0.2) is 11.5 Å². The molecule has 0 saturated heterocycles. The minimum Gasteiger partial charge on any atom is -0.490 e. The maximum absolute atomic E-state index is 10.2. The summed E-state index contributed by atoms with van der Waals surface area (Å²) < 4.78 is 11.2. The monoisotopic (exact) mass is 277 g/mol. The Morgan fingerprint density at radius 2 is 2.11 bits per heavy atom. The van der Waals surface area contributed by atoms with Gasteiger partial charge in [0, 0.05) is 23.9 Å². The van der Waals surface area contributed by atoms with Crippen LogP contribution in [0.15, 0.2) is 29.9 Å². The molecule has 19 heavy (non-hydrogen) atoms. The first-order valence-electron chi connectivity index (χ1n) is 6.28. The van der Waals surface area contributed by atoms with E-state index in [2.05, 4.69) is 4.98 Å². The van der Waals surface area contributed by atoms with Crippen LogP contribution in [0, 0.1) is 0 Å². The second-order valence-corrected chi connectivity index (χ2v) is 5.42. The fourth-order valence-corrected chi connectivity index (χ4v) is 2.67. The van der Waals surface area contributed by atoms with Crippen molar-refractivity contribution >= 4 is 11.3 Å². The quantitative estimate of drug-likeness (QED) is 0.937. The molecule has 1 atom stereocenters. The molecule has 1 aliphatic rings. The molecule has 4 nitrogen and oxygen atoms in total. The minimum absolute atomic E-state index is 0.544. The molecule has 100 valence electrons. The van der Waals surface area contributed by atoms with Gasteiger partial charge in [-0.15, -0.1) is 11.3 Å². The van der Waals surface area contributed by atoms with Crippen LogP contribution in [0.4, 0.5) is 0 Å². The molecule has 0 amide bonds. The van der Waals surface area contributed by atoms with Crippen LogP contribution in [0.1, 0.15) is 23.0 Å². The summed E-state index contributed by atoms with van der Waals surface area (Å²) in [5.74, 6) is 1.48. The Hall–Kier alpha value is -1.59. The highest BCUT2D eigenvalue weighted by atomic mass is 32.1. The number of aliphatic hydroxyl groups is 1. The summed E-state index contributed by atoms with van der Waals surface area (Å²) in [6.07, 6.45) is 2.70. The highest BCUT2D eigenvalue weighted by Crippen LogP contribution is 2.33. The first-order valence-corrected chi connectivity index (χ1v) is 7.16. The molecule has 1 aromatic heterocycles. The van der Waals surface area contributed by atoms with Gasteiger partial charge in [0.1, 0.15) is 0 Å². The summed E-state index contributed by atoms with van der Waals surface area (Å²) in [6.45, 7) is 1.33. The Labute approximate surface area is 115 Å². The molecule has 0 aliphatic carbocycles. The molecule has 1 aliphatic heterocycles. The highest BCUT2D eigenvalue weighted by Gasteiger charge is 2.15. The summed E-state index contributed by atoms with van der Waals surface area (Å²) in [7, 11) is 0. The maximum atomic E-state index is 10.2. The van der Waals surface area contributed by atoms with E-state index in [1.165, 1.54) is 0 Å². The lowest BCUT2D eigenvalue weighted by Gasteiger charge is -2.13. The van der Waals surface area contributed by atoms with Crippen LogP contribution in [0.2, 0.25) is 0 Å². The van der Waals surface area contributed by atoms with E-state index in [-0.39, 0.29) is 0 Å². The number of fused-ring (bicyclic) bond motifs is 1. The van der Waals surface area contributed by atoms with E-state index in [1.54, 1.807) is 23.0 Å². The van der Waals surface area contributed by atoms with Crippen molar-refractivity contribution in [3.05, 3.63) is 40.3 Å². The van der Waals surface area contributed by atoms with Gasteiger partial charge in [-0.05, 0) is 17.7 Å². The number of ether oxygens (including phenoxy) is 2. The molecule has 1 unspecified atom stereocenters. The lowest BCUT2D eigenvalue weighted by Crippen LogP contribution is -2.02. The topological polar surface area (TPSA) is 51.6 Å². The zero-order chi connectivity index (χ0) is 13.1. The predicted molar refractivity (Wildman–Crippen MR) is 72.8 cm³/mol. The molecule has 0 saturated carbocycles. The van der Waals surface area contributed by atoms with Crippen LogP contribution in [0.5, 0.6) is 11.5 Å². The average molecular weight is 277 g/mol. The molecule has 3 rings (SSSR count). The smallest absolute Gasteiger partial charge is 0.161 e. The van der Waals surface area contributed by atoms with Crippen molar-refractivity contribution in [2.24, 2.45) is 0 Å². The largest absolute Gasteiger partial charge is 0.490 e. The fraction of sp³-hybridized carbons (Fsp3) is 0.357. The van der Waals surface area contributed by atoms with Crippen LogP contribution >= 0.6 is 11.3 Å². The third-order valence-electron chi connectivity index (χ3n) is 3.03. The molecular weight excluding hydrogens is 262 g/mol. The van der Waals surface area contributed by atoms with Gasteiger partial charge < -0.3 is 14.6 Å². The lowest BCUT2D eigenvalue weighted by atomic mass is 10.1. The van der Waals surface area contributed by atoms with Gasteiger partial charge in [0.2, 0.25) is 0 Å². The van der Waals surface area contributed by atoms with Crippen LogP contribution < -0.4 is 9.47 Å². The van der Waals surface area contributed by atoms with Crippen LogP contribution in [-0.4, -0.2) is 23.3 Å². The lowest BCUT2D eigenvalue weighted by molar-refractivity contribution is 0.178. The Morgan fingerprint density at radius 3 is 2.89 bits per heavy atom. The molecule has 5 heteroatoms. The predicted octanol–water partition coefficient (Wildman–Crippen LogP) is 2.58. The van der Waals surface area contributed by atoms with E-state index in [1.807, 2.05) is 18.2 Å². The van der Waals surface area contributed by atoms with Gasteiger partial charge in [-0.1, -0.05) is 6.07 Å². The van der Waals surface area contributed by atoms with Gasteiger partial charge in [0.05, 0.1) is 24.8 Å². The van der Waals surface area contributed by atoms with Crippen LogP contribution in [-0.2, 0) is 6.42 Å². The summed E-state index contributed by atoms with van der Waals surface area (Å²) in [4.78, 5) is 5.08. The molecule has 2 heterocycles. The average Bonchev–Trinajstić information content (AvgIpc) is 2.81. The van der Waals surface area contributed by atoms with E-state index in [0.29, 0.717) is 19.6 Å². The minimum atomic E-state index is -0.544. The van der Waals surface area contributed by atoms with Crippen LogP contribution in [0.25, 0.3) is 0 Å². The van der Waals surface area contributed by atoms with Gasteiger partial charge in [-0.2, -0.15) is 0 Å². The molecule has 0 radical (unpaired) electrons. The molecule has 2 aromatic rings. The number of aliphatic hydroxyl groups excluding tert-OH is 1. The van der Waals surface area contributed by atoms with Crippen molar-refractivity contribution in [2.45, 2.75) is 18.9 Å². The van der Waals surface area contributed by atoms with Crippen molar-refractivity contribution in [1.29, 1.82) is 0 Å². The number of aromatic nitrogens is 1. The zero-order valence-corrected chi connectivity index (χ0v) is 11.2. The zero-order valence-electron chi connectivity index (χ0n) is 10.4. The van der Waals surface area contributed by atoms with Gasteiger partial charge in [-0.25, -0.2) is 0 Å². The standard InChI is InChI=1S/C14H15NO3S/c16-12(7-11-8-15-9-19-11)10-2-3-13-14(6-10)18-5-1-4-17-13/h2-3,6,8-9,12,16H,1,4-5,7H2. The van der Waals surface area contributed by atoms with E-state index in [0.717, 1.165) is 28.4 Å². The summed E-state index contributed by atoms with van der Waals surface area (Å²) >= 11 is 1.55. The summed E-state index contributed by atoms with van der Waals surface area (Å²) in [6, 6.07) is 5.62. The summed E-state index contributed by atoms with van der Waals surface area (Å²) in [5.41, 5.74) is 2.62. The Morgan fingerprint density at radius 1 is 1.26 bits per heavy atom. The van der Waals surface area contributed by atoms with Crippen molar-refractivity contribution in [3.63, 3.8) is 0 Å².